The summed E-state index contributed by atoms with van der Waals surface area (Å²) < 4.78 is 44.9. The summed E-state index contributed by atoms with van der Waals surface area (Å²) in [5.41, 5.74) is 1.35. The van der Waals surface area contributed by atoms with E-state index in [1.165, 1.54) is 25.3 Å². The minimum Gasteiger partial charge on any atom is -0.493 e. The van der Waals surface area contributed by atoms with Gasteiger partial charge in [-0.2, -0.15) is 8.78 Å². The van der Waals surface area contributed by atoms with Crippen molar-refractivity contribution in [1.29, 1.82) is 0 Å². The van der Waals surface area contributed by atoms with E-state index in [1.54, 1.807) is 6.92 Å². The number of aryl methyl sites for hydroxylation is 1. The van der Waals surface area contributed by atoms with Crippen LogP contribution in [0.4, 0.5) is 8.78 Å². The van der Waals surface area contributed by atoms with Gasteiger partial charge in [0.2, 0.25) is 5.89 Å². The topological polar surface area (TPSA) is 70.8 Å². The van der Waals surface area contributed by atoms with Gasteiger partial charge in [-0.25, -0.2) is 9.78 Å². The van der Waals surface area contributed by atoms with Crippen molar-refractivity contribution < 1.29 is 32.2 Å². The van der Waals surface area contributed by atoms with Gasteiger partial charge in [-0.05, 0) is 36.8 Å². The van der Waals surface area contributed by atoms with Crippen LogP contribution in [0.3, 0.4) is 0 Å². The predicted molar refractivity (Wildman–Crippen MR) is 95.4 cm³/mol. The van der Waals surface area contributed by atoms with Crippen molar-refractivity contribution in [3.05, 3.63) is 65.5 Å². The summed E-state index contributed by atoms with van der Waals surface area (Å²) in [4.78, 5) is 16.6. The molecule has 146 valence electrons. The Morgan fingerprint density at radius 3 is 2.57 bits per heavy atom. The van der Waals surface area contributed by atoms with E-state index in [1.807, 2.05) is 30.3 Å². The summed E-state index contributed by atoms with van der Waals surface area (Å²) in [6, 6.07) is 13.4. The van der Waals surface area contributed by atoms with E-state index < -0.39 is 12.6 Å². The van der Waals surface area contributed by atoms with E-state index >= 15 is 0 Å². The number of nitrogens with zero attached hydrogens (tertiary/aromatic N) is 1. The Balaban J connectivity index is 1.70. The summed E-state index contributed by atoms with van der Waals surface area (Å²) in [7, 11) is 1.33. The Kier molecular flexibility index (Phi) is 5.88. The Morgan fingerprint density at radius 2 is 1.89 bits per heavy atom. The predicted octanol–water partition coefficient (Wildman–Crippen LogP) is 4.62. The molecule has 0 unspecified atom stereocenters. The molecule has 0 bridgehead atoms. The summed E-state index contributed by atoms with van der Waals surface area (Å²) in [6.07, 6.45) is 0. The number of halogens is 2. The van der Waals surface area contributed by atoms with Crippen molar-refractivity contribution in [1.82, 2.24) is 4.98 Å². The lowest BCUT2D eigenvalue weighted by Crippen LogP contribution is -2.08. The second-order valence-electron chi connectivity index (χ2n) is 5.73. The molecule has 3 rings (SSSR count). The first-order valence-corrected chi connectivity index (χ1v) is 8.29. The maximum atomic E-state index is 12.4. The molecular weight excluding hydrogens is 372 g/mol. The van der Waals surface area contributed by atoms with Crippen molar-refractivity contribution in [2.24, 2.45) is 0 Å². The first kappa shape index (κ1) is 19.3. The monoisotopic (exact) mass is 389 g/mol. The minimum absolute atomic E-state index is 0.0727. The summed E-state index contributed by atoms with van der Waals surface area (Å²) in [5.74, 6) is 0.00268. The van der Waals surface area contributed by atoms with Gasteiger partial charge in [-0.15, -0.1) is 0 Å². The highest BCUT2D eigenvalue weighted by Crippen LogP contribution is 2.30. The van der Waals surface area contributed by atoms with Crippen LogP contribution in [-0.4, -0.2) is 24.7 Å². The molecule has 0 saturated heterocycles. The Morgan fingerprint density at radius 1 is 1.14 bits per heavy atom. The summed E-state index contributed by atoms with van der Waals surface area (Å²) >= 11 is 0. The lowest BCUT2D eigenvalue weighted by Gasteiger charge is -2.11. The SMILES string of the molecule is COc1cc(COC(=O)c2nc(-c3ccccc3)oc2C)ccc1OC(F)F. The third-order valence-electron chi connectivity index (χ3n) is 3.82. The number of ether oxygens (including phenoxy) is 3. The Hall–Kier alpha value is -3.42. The third-order valence-corrected chi connectivity index (χ3v) is 3.82. The van der Waals surface area contributed by atoms with Gasteiger partial charge in [0.1, 0.15) is 12.4 Å². The Labute approximate surface area is 159 Å². The molecule has 0 N–H and O–H groups in total. The van der Waals surface area contributed by atoms with Gasteiger partial charge in [0.15, 0.2) is 17.2 Å². The van der Waals surface area contributed by atoms with Crippen molar-refractivity contribution in [3.8, 4) is 23.0 Å². The first-order valence-electron chi connectivity index (χ1n) is 8.29. The molecule has 8 heteroatoms. The lowest BCUT2D eigenvalue weighted by molar-refractivity contribution is -0.0512. The number of rotatable bonds is 7. The van der Waals surface area contributed by atoms with Gasteiger partial charge in [0, 0.05) is 5.56 Å². The van der Waals surface area contributed by atoms with Crippen LogP contribution in [0.5, 0.6) is 11.5 Å². The number of esters is 1. The van der Waals surface area contributed by atoms with E-state index in [-0.39, 0.29) is 23.8 Å². The van der Waals surface area contributed by atoms with Crippen LogP contribution in [0, 0.1) is 6.92 Å². The van der Waals surface area contributed by atoms with Crippen molar-refractivity contribution >= 4 is 5.97 Å². The smallest absolute Gasteiger partial charge is 0.387 e. The number of aromatic nitrogens is 1. The molecule has 1 heterocycles. The van der Waals surface area contributed by atoms with Crippen molar-refractivity contribution in [3.63, 3.8) is 0 Å². The zero-order chi connectivity index (χ0) is 20.1. The molecule has 0 atom stereocenters. The van der Waals surface area contributed by atoms with E-state index in [0.29, 0.717) is 17.2 Å². The number of alkyl halides is 2. The Bertz CT molecular complexity index is 956. The van der Waals surface area contributed by atoms with Crippen LogP contribution in [0.2, 0.25) is 0 Å². The highest BCUT2D eigenvalue weighted by Gasteiger charge is 2.20. The molecule has 0 aliphatic carbocycles. The number of oxazole rings is 1. The van der Waals surface area contributed by atoms with Crippen molar-refractivity contribution in [2.45, 2.75) is 20.1 Å². The lowest BCUT2D eigenvalue weighted by atomic mass is 10.2. The zero-order valence-electron chi connectivity index (χ0n) is 15.1. The van der Waals surface area contributed by atoms with Crippen LogP contribution < -0.4 is 9.47 Å². The maximum absolute atomic E-state index is 12.4. The molecule has 0 fully saturated rings. The second kappa shape index (κ2) is 8.51. The fraction of sp³-hybridized carbons (Fsp3) is 0.200. The van der Waals surface area contributed by atoms with E-state index in [0.717, 1.165) is 5.56 Å². The molecule has 28 heavy (non-hydrogen) atoms. The van der Waals surface area contributed by atoms with Gasteiger partial charge in [-0.1, -0.05) is 24.3 Å². The van der Waals surface area contributed by atoms with E-state index in [2.05, 4.69) is 9.72 Å². The number of carbonyl (C=O) groups is 1. The molecule has 0 aliphatic rings. The number of benzene rings is 2. The number of carbonyl (C=O) groups excluding carboxylic acids is 1. The molecule has 0 aliphatic heterocycles. The molecule has 3 aromatic rings. The van der Waals surface area contributed by atoms with Gasteiger partial charge >= 0.3 is 12.6 Å². The van der Waals surface area contributed by atoms with Crippen LogP contribution in [0.25, 0.3) is 11.5 Å². The van der Waals surface area contributed by atoms with E-state index in [4.69, 9.17) is 13.9 Å². The van der Waals surface area contributed by atoms with Gasteiger partial charge < -0.3 is 18.6 Å². The standard InChI is InChI=1S/C20H17F2NO5/c1-12-17(23-18(27-12)14-6-4-3-5-7-14)19(24)26-11-13-8-9-15(28-20(21)22)16(10-13)25-2/h3-10,20H,11H2,1-2H3. The average molecular weight is 389 g/mol. The fourth-order valence-electron chi connectivity index (χ4n) is 2.50. The zero-order valence-corrected chi connectivity index (χ0v) is 15.1. The maximum Gasteiger partial charge on any atom is 0.387 e. The normalized spacial score (nSPS) is 10.8. The van der Waals surface area contributed by atoms with Crippen LogP contribution in [-0.2, 0) is 11.3 Å². The summed E-state index contributed by atoms with van der Waals surface area (Å²) in [5, 5.41) is 0. The number of hydrogen-bond donors (Lipinski definition) is 0. The first-order chi connectivity index (χ1) is 13.5. The molecule has 2 aromatic carbocycles. The number of hydrogen-bond acceptors (Lipinski definition) is 6. The van der Waals surface area contributed by atoms with E-state index in [9.17, 15) is 13.6 Å². The molecule has 0 saturated carbocycles. The molecule has 0 spiro atoms. The molecule has 0 radical (unpaired) electrons. The highest BCUT2D eigenvalue weighted by atomic mass is 19.3. The largest absolute Gasteiger partial charge is 0.493 e. The molecule has 1 aromatic heterocycles. The quantitative estimate of drug-likeness (QED) is 0.549. The fourth-order valence-corrected chi connectivity index (χ4v) is 2.50. The highest BCUT2D eigenvalue weighted by molar-refractivity contribution is 5.88. The summed E-state index contributed by atoms with van der Waals surface area (Å²) in [6.45, 7) is -1.45. The molecular formula is C20H17F2NO5. The van der Waals surface area contributed by atoms with Gasteiger partial charge in [-0.3, -0.25) is 0 Å². The average Bonchev–Trinajstić information content (AvgIpc) is 3.09. The van der Waals surface area contributed by atoms with Gasteiger partial charge in [0.05, 0.1) is 7.11 Å². The van der Waals surface area contributed by atoms with Crippen molar-refractivity contribution in [2.75, 3.05) is 7.11 Å². The molecule has 6 nitrogen and oxygen atoms in total. The van der Waals surface area contributed by atoms with Gasteiger partial charge in [0.25, 0.3) is 0 Å². The minimum atomic E-state index is -2.97. The molecule has 0 amide bonds. The van der Waals surface area contributed by atoms with Crippen LogP contribution in [0.1, 0.15) is 21.8 Å². The second-order valence-corrected chi connectivity index (χ2v) is 5.73. The third kappa shape index (κ3) is 4.46. The number of methoxy groups -OCH3 is 1. The van der Waals surface area contributed by atoms with Crippen LogP contribution in [0.15, 0.2) is 52.9 Å². The van der Waals surface area contributed by atoms with Crippen LogP contribution >= 0.6 is 0 Å².